The minimum Gasteiger partial charge on any atom is -0.338 e. The molecule has 0 saturated carbocycles. The van der Waals surface area contributed by atoms with Crippen LogP contribution in [0, 0.1) is 5.92 Å². The second-order valence-corrected chi connectivity index (χ2v) is 6.75. The van der Waals surface area contributed by atoms with Crippen LogP contribution >= 0.6 is 22.9 Å². The quantitative estimate of drug-likeness (QED) is 0.910. The molecule has 1 aromatic rings. The molecule has 1 N–H and O–H groups in total. The van der Waals surface area contributed by atoms with Gasteiger partial charge in [0.05, 0.1) is 5.02 Å². The van der Waals surface area contributed by atoms with Gasteiger partial charge in [-0.2, -0.15) is 0 Å². The van der Waals surface area contributed by atoms with Crippen molar-refractivity contribution in [2.45, 2.75) is 31.7 Å². The first-order chi connectivity index (χ1) is 9.25. The third-order valence-corrected chi connectivity index (χ3v) is 5.64. The first-order valence-electron chi connectivity index (χ1n) is 7.01. The molecule has 2 aliphatic rings. The van der Waals surface area contributed by atoms with Crippen molar-refractivity contribution in [2.24, 2.45) is 5.92 Å². The number of amides is 1. The zero-order valence-electron chi connectivity index (χ0n) is 10.9. The Morgan fingerprint density at radius 3 is 2.74 bits per heavy atom. The fourth-order valence-electron chi connectivity index (χ4n) is 3.21. The summed E-state index contributed by atoms with van der Waals surface area (Å²) in [6.45, 7) is 2.90. The summed E-state index contributed by atoms with van der Waals surface area (Å²) in [5.74, 6) is 0.850. The highest BCUT2D eigenvalue weighted by Gasteiger charge is 2.30. The van der Waals surface area contributed by atoms with Gasteiger partial charge in [0.1, 0.15) is 4.88 Å². The molecule has 104 valence electrons. The van der Waals surface area contributed by atoms with Crippen LogP contribution in [0.1, 0.15) is 35.4 Å². The second kappa shape index (κ2) is 5.81. The molecule has 0 radical (unpaired) electrons. The van der Waals surface area contributed by atoms with Gasteiger partial charge < -0.3 is 10.2 Å². The van der Waals surface area contributed by atoms with Gasteiger partial charge in [-0.3, -0.25) is 4.79 Å². The van der Waals surface area contributed by atoms with Crippen molar-refractivity contribution in [3.05, 3.63) is 21.3 Å². The lowest BCUT2D eigenvalue weighted by atomic mass is 9.88. The van der Waals surface area contributed by atoms with Crippen molar-refractivity contribution in [2.75, 3.05) is 19.6 Å². The van der Waals surface area contributed by atoms with Crippen molar-refractivity contribution in [3.8, 4) is 0 Å². The van der Waals surface area contributed by atoms with Crippen LogP contribution in [0.25, 0.3) is 0 Å². The van der Waals surface area contributed by atoms with Gasteiger partial charge in [0.2, 0.25) is 0 Å². The maximum atomic E-state index is 12.3. The molecule has 1 atom stereocenters. The normalized spacial score (nSPS) is 24.9. The Balaban J connectivity index is 1.58. The third-order valence-electron chi connectivity index (χ3n) is 4.31. The number of hydrogen-bond acceptors (Lipinski definition) is 3. The molecular weight excluding hydrogens is 280 g/mol. The van der Waals surface area contributed by atoms with E-state index in [2.05, 4.69) is 5.32 Å². The van der Waals surface area contributed by atoms with E-state index in [-0.39, 0.29) is 5.91 Å². The van der Waals surface area contributed by atoms with Crippen LogP contribution < -0.4 is 5.32 Å². The summed E-state index contributed by atoms with van der Waals surface area (Å²) in [5.41, 5.74) is 0. The maximum Gasteiger partial charge on any atom is 0.265 e. The van der Waals surface area contributed by atoms with Crippen LogP contribution in [0.2, 0.25) is 5.02 Å². The van der Waals surface area contributed by atoms with E-state index in [4.69, 9.17) is 11.6 Å². The molecule has 0 aliphatic carbocycles. The summed E-state index contributed by atoms with van der Waals surface area (Å²) in [5, 5.41) is 6.06. The Kier molecular flexibility index (Phi) is 4.10. The average Bonchev–Trinajstić information content (AvgIpc) is 3.09. The van der Waals surface area contributed by atoms with Gasteiger partial charge in [-0.05, 0) is 49.6 Å². The predicted octanol–water partition coefficient (Wildman–Crippen LogP) is 3.01. The number of thiophene rings is 1. The molecule has 3 heterocycles. The Bertz CT molecular complexity index is 448. The predicted molar refractivity (Wildman–Crippen MR) is 79.0 cm³/mol. The van der Waals surface area contributed by atoms with E-state index in [1.54, 1.807) is 6.07 Å². The largest absolute Gasteiger partial charge is 0.338 e. The Morgan fingerprint density at radius 2 is 2.16 bits per heavy atom. The summed E-state index contributed by atoms with van der Waals surface area (Å²) >= 11 is 7.48. The molecule has 0 spiro atoms. The van der Waals surface area contributed by atoms with E-state index in [1.807, 2.05) is 10.3 Å². The Hall–Kier alpha value is -0.580. The van der Waals surface area contributed by atoms with Crippen molar-refractivity contribution in [1.82, 2.24) is 10.2 Å². The van der Waals surface area contributed by atoms with Crippen LogP contribution in [0.15, 0.2) is 11.4 Å². The summed E-state index contributed by atoms with van der Waals surface area (Å²) in [6, 6.07) is 2.48. The van der Waals surface area contributed by atoms with Crippen molar-refractivity contribution >= 4 is 28.8 Å². The zero-order chi connectivity index (χ0) is 13.2. The zero-order valence-corrected chi connectivity index (χ0v) is 12.5. The minimum atomic E-state index is 0.109. The first-order valence-corrected chi connectivity index (χ1v) is 8.27. The highest BCUT2D eigenvalue weighted by atomic mass is 35.5. The number of halogens is 1. The number of hydrogen-bond donors (Lipinski definition) is 1. The molecule has 0 aromatic carbocycles. The van der Waals surface area contributed by atoms with Crippen molar-refractivity contribution < 1.29 is 4.79 Å². The molecule has 2 fully saturated rings. The number of rotatable bonds is 2. The van der Waals surface area contributed by atoms with E-state index in [9.17, 15) is 4.79 Å². The molecule has 1 amide bonds. The fourth-order valence-corrected chi connectivity index (χ4v) is 4.31. The summed E-state index contributed by atoms with van der Waals surface area (Å²) < 4.78 is 0. The van der Waals surface area contributed by atoms with Crippen LogP contribution in [-0.4, -0.2) is 36.5 Å². The first kappa shape index (κ1) is 13.4. The van der Waals surface area contributed by atoms with E-state index < -0.39 is 0 Å². The molecule has 3 nitrogen and oxygen atoms in total. The summed E-state index contributed by atoms with van der Waals surface area (Å²) in [6.07, 6.45) is 4.84. The van der Waals surface area contributed by atoms with Crippen LogP contribution in [0.4, 0.5) is 0 Å². The highest BCUT2D eigenvalue weighted by molar-refractivity contribution is 7.12. The number of nitrogens with zero attached hydrogens (tertiary/aromatic N) is 1. The molecule has 1 unspecified atom stereocenters. The lowest BCUT2D eigenvalue weighted by Gasteiger charge is -2.34. The lowest BCUT2D eigenvalue weighted by molar-refractivity contribution is 0.0679. The Morgan fingerprint density at radius 1 is 1.37 bits per heavy atom. The van der Waals surface area contributed by atoms with Crippen molar-refractivity contribution in [3.63, 3.8) is 0 Å². The monoisotopic (exact) mass is 298 g/mol. The van der Waals surface area contributed by atoms with Gasteiger partial charge in [-0.25, -0.2) is 0 Å². The summed E-state index contributed by atoms with van der Waals surface area (Å²) in [4.78, 5) is 15.0. The van der Waals surface area contributed by atoms with E-state index in [0.29, 0.717) is 15.9 Å². The SMILES string of the molecule is O=C(c1sccc1Cl)N1CCC(C2CCCN2)CC1. The van der Waals surface area contributed by atoms with Crippen LogP contribution in [0.3, 0.4) is 0 Å². The third kappa shape index (κ3) is 2.81. The molecular formula is C14H19ClN2OS. The summed E-state index contributed by atoms with van der Waals surface area (Å²) in [7, 11) is 0. The number of carbonyl (C=O) groups excluding carboxylic acids is 1. The molecule has 0 bridgehead atoms. The molecule has 3 rings (SSSR count). The average molecular weight is 299 g/mol. The molecule has 2 aliphatic heterocycles. The number of carbonyl (C=O) groups is 1. The van der Waals surface area contributed by atoms with Gasteiger partial charge in [-0.1, -0.05) is 11.6 Å². The van der Waals surface area contributed by atoms with E-state index in [1.165, 1.54) is 24.2 Å². The lowest BCUT2D eigenvalue weighted by Crippen LogP contribution is -2.43. The molecule has 19 heavy (non-hydrogen) atoms. The minimum absolute atomic E-state index is 0.109. The smallest absolute Gasteiger partial charge is 0.265 e. The standard InChI is InChI=1S/C14H19ClN2OS/c15-11-5-9-19-13(11)14(18)17-7-3-10(4-8-17)12-2-1-6-16-12/h5,9-10,12,16H,1-4,6-8H2. The van der Waals surface area contributed by atoms with Crippen LogP contribution in [-0.2, 0) is 0 Å². The number of nitrogens with one attached hydrogen (secondary N) is 1. The Labute approximate surface area is 122 Å². The highest BCUT2D eigenvalue weighted by Crippen LogP contribution is 2.29. The van der Waals surface area contributed by atoms with Gasteiger partial charge in [0, 0.05) is 19.1 Å². The molecule has 1 aromatic heterocycles. The molecule has 2 saturated heterocycles. The van der Waals surface area contributed by atoms with Crippen molar-refractivity contribution in [1.29, 1.82) is 0 Å². The van der Waals surface area contributed by atoms with Crippen LogP contribution in [0.5, 0.6) is 0 Å². The van der Waals surface area contributed by atoms with Gasteiger partial charge in [0.25, 0.3) is 5.91 Å². The second-order valence-electron chi connectivity index (χ2n) is 5.43. The van der Waals surface area contributed by atoms with E-state index >= 15 is 0 Å². The number of piperidine rings is 1. The van der Waals surface area contributed by atoms with Gasteiger partial charge in [0.15, 0.2) is 0 Å². The maximum absolute atomic E-state index is 12.3. The molecule has 5 heteroatoms. The van der Waals surface area contributed by atoms with Gasteiger partial charge in [-0.15, -0.1) is 11.3 Å². The topological polar surface area (TPSA) is 32.3 Å². The van der Waals surface area contributed by atoms with Gasteiger partial charge >= 0.3 is 0 Å². The van der Waals surface area contributed by atoms with E-state index in [0.717, 1.165) is 38.4 Å². The number of likely N-dealkylation sites (tertiary alicyclic amines) is 1. The fraction of sp³-hybridized carbons (Fsp3) is 0.643.